The summed E-state index contributed by atoms with van der Waals surface area (Å²) in [4.78, 5) is 10.1. The van der Waals surface area contributed by atoms with Crippen molar-refractivity contribution in [1.29, 1.82) is 0 Å². The van der Waals surface area contributed by atoms with Gasteiger partial charge in [0.2, 0.25) is 0 Å². The molecule has 2 atom stereocenters. The van der Waals surface area contributed by atoms with Crippen LogP contribution in [0.15, 0.2) is 149 Å². The smallest absolute Gasteiger partial charge is 0.131 e. The number of likely N-dealkylation sites (N-methyl/N-ethyl adjacent to an activating group) is 1. The molecule has 5 nitrogen and oxygen atoms in total. The number of fused-ring (bicyclic) bond motifs is 3. The van der Waals surface area contributed by atoms with Crippen molar-refractivity contribution in [3.8, 4) is 5.69 Å². The van der Waals surface area contributed by atoms with Crippen molar-refractivity contribution in [3.63, 3.8) is 0 Å². The van der Waals surface area contributed by atoms with Crippen LogP contribution in [0.2, 0.25) is 0 Å². The van der Waals surface area contributed by atoms with E-state index in [4.69, 9.17) is 4.99 Å². The molecular formula is C47H46BrN5. The summed E-state index contributed by atoms with van der Waals surface area (Å²) in [5.41, 5.74) is 12.2. The number of hydrogen-bond donors (Lipinski definition) is 1. The average Bonchev–Trinajstić information content (AvgIpc) is 3.54. The highest BCUT2D eigenvalue weighted by Gasteiger charge is 2.22. The van der Waals surface area contributed by atoms with Crippen LogP contribution < -0.4 is 5.32 Å². The van der Waals surface area contributed by atoms with Crippen molar-refractivity contribution in [3.05, 3.63) is 172 Å². The molecule has 5 aromatic carbocycles. The fourth-order valence-corrected chi connectivity index (χ4v) is 8.25. The molecule has 0 radical (unpaired) electrons. The first-order chi connectivity index (χ1) is 25.8. The van der Waals surface area contributed by atoms with E-state index in [1.54, 1.807) is 0 Å². The number of allylic oxidation sites excluding steroid dienone is 3. The van der Waals surface area contributed by atoms with E-state index < -0.39 is 0 Å². The van der Waals surface area contributed by atoms with Gasteiger partial charge in [-0.2, -0.15) is 0 Å². The Kier molecular flexibility index (Phi) is 9.80. The molecule has 8 rings (SSSR count). The highest BCUT2D eigenvalue weighted by atomic mass is 79.9. The second-order valence-electron chi connectivity index (χ2n) is 14.4. The van der Waals surface area contributed by atoms with Crippen LogP contribution in [-0.4, -0.2) is 47.4 Å². The van der Waals surface area contributed by atoms with Crippen molar-refractivity contribution in [1.82, 2.24) is 19.7 Å². The highest BCUT2D eigenvalue weighted by Crippen LogP contribution is 2.35. The number of aromatic nitrogens is 1. The van der Waals surface area contributed by atoms with Crippen LogP contribution in [-0.2, 0) is 0 Å². The summed E-state index contributed by atoms with van der Waals surface area (Å²) in [6.07, 6.45) is 10.9. The number of nitrogens with zero attached hydrogens (tertiary/aromatic N) is 4. The summed E-state index contributed by atoms with van der Waals surface area (Å²) in [6.45, 7) is 6.43. The van der Waals surface area contributed by atoms with Crippen LogP contribution in [0.25, 0.3) is 38.6 Å². The summed E-state index contributed by atoms with van der Waals surface area (Å²) in [5, 5.41) is 5.92. The second kappa shape index (κ2) is 15.0. The molecule has 1 N–H and O–H groups in total. The first-order valence-corrected chi connectivity index (χ1v) is 19.4. The second-order valence-corrected chi connectivity index (χ2v) is 15.3. The van der Waals surface area contributed by atoms with E-state index >= 15 is 0 Å². The fourth-order valence-electron chi connectivity index (χ4n) is 7.75. The van der Waals surface area contributed by atoms with Crippen LogP contribution in [0.3, 0.4) is 0 Å². The zero-order valence-corrected chi connectivity index (χ0v) is 32.5. The van der Waals surface area contributed by atoms with Gasteiger partial charge in [-0.25, -0.2) is 0 Å². The summed E-state index contributed by atoms with van der Waals surface area (Å²) in [7, 11) is 4.30. The van der Waals surface area contributed by atoms with Crippen molar-refractivity contribution in [2.45, 2.75) is 38.8 Å². The Morgan fingerprint density at radius 3 is 2.11 bits per heavy atom. The third-order valence-electron chi connectivity index (χ3n) is 10.8. The molecule has 6 heteroatoms. The van der Waals surface area contributed by atoms with Crippen LogP contribution in [0, 0.1) is 0 Å². The number of rotatable bonds is 8. The van der Waals surface area contributed by atoms with Crippen molar-refractivity contribution < 1.29 is 0 Å². The Morgan fingerprint density at radius 1 is 0.792 bits per heavy atom. The van der Waals surface area contributed by atoms with Gasteiger partial charge in [-0.1, -0.05) is 107 Å². The number of para-hydroxylation sites is 2. The molecule has 6 aromatic rings. The molecule has 0 bridgehead atoms. The summed E-state index contributed by atoms with van der Waals surface area (Å²) in [6, 6.07) is 42.1. The van der Waals surface area contributed by atoms with Crippen molar-refractivity contribution >= 4 is 54.7 Å². The maximum atomic E-state index is 5.50. The van der Waals surface area contributed by atoms with E-state index in [9.17, 15) is 0 Å². The molecule has 0 spiro atoms. The standard InChI is InChI=1S/C47H46BrN5/c1-32(34-17-19-35(20-18-34)38-11-9-25-49-30-38)50-47(37-23-21-36(22-24-37)39-12-10-26-51(3)31-39)52(4)33(2)40-27-41(48)29-42(28-40)53-45-15-7-5-13-43(45)44-14-6-8-16-46(44)53/h5-8,10,12-24,26-30,32-33,49H,9,11,25,31H2,1-4H3/b50-47-. The quantitative estimate of drug-likeness (QED) is 0.124. The maximum Gasteiger partial charge on any atom is 0.131 e. The lowest BCUT2D eigenvalue weighted by atomic mass is 9.97. The molecule has 2 aliphatic rings. The summed E-state index contributed by atoms with van der Waals surface area (Å²) >= 11 is 3.90. The number of amidine groups is 1. The molecule has 53 heavy (non-hydrogen) atoms. The van der Waals surface area contributed by atoms with Gasteiger partial charge in [0.05, 0.1) is 23.1 Å². The van der Waals surface area contributed by atoms with Crippen molar-refractivity contribution in [2.75, 3.05) is 27.2 Å². The summed E-state index contributed by atoms with van der Waals surface area (Å²) < 4.78 is 3.43. The molecule has 0 saturated carbocycles. The van der Waals surface area contributed by atoms with Crippen LogP contribution in [0.5, 0.6) is 0 Å². The molecule has 266 valence electrons. The van der Waals surface area contributed by atoms with E-state index in [0.717, 1.165) is 41.1 Å². The molecule has 0 saturated heterocycles. The lowest BCUT2D eigenvalue weighted by Gasteiger charge is -2.30. The monoisotopic (exact) mass is 759 g/mol. The van der Waals surface area contributed by atoms with E-state index in [0.29, 0.717) is 0 Å². The molecule has 2 unspecified atom stereocenters. The normalized spacial score (nSPS) is 15.9. The van der Waals surface area contributed by atoms with Crippen LogP contribution >= 0.6 is 15.9 Å². The van der Waals surface area contributed by atoms with Gasteiger partial charge in [0.1, 0.15) is 5.84 Å². The number of aliphatic imine (C=N–C) groups is 1. The Balaban J connectivity index is 1.16. The molecule has 1 aromatic heterocycles. The first kappa shape index (κ1) is 34.7. The number of nitrogens with one attached hydrogen (secondary N) is 1. The fraction of sp³-hybridized carbons (Fsp3) is 0.213. The predicted octanol–water partition coefficient (Wildman–Crippen LogP) is 11.3. The lowest BCUT2D eigenvalue weighted by Crippen LogP contribution is -2.31. The van der Waals surface area contributed by atoms with E-state index in [1.165, 1.54) is 61.6 Å². The Labute approximate surface area is 321 Å². The molecule has 0 amide bonds. The number of halogens is 1. The van der Waals surface area contributed by atoms with Gasteiger partial charge in [0.25, 0.3) is 0 Å². The van der Waals surface area contributed by atoms with E-state index in [1.807, 2.05) is 0 Å². The van der Waals surface area contributed by atoms with E-state index in [2.05, 4.69) is 203 Å². The van der Waals surface area contributed by atoms with E-state index in [-0.39, 0.29) is 12.1 Å². The Hall–Kier alpha value is -5.33. The SMILES string of the molecule is CC(/N=C(/c1ccc(C2=CC=CN(C)C2)cc1)N(C)C(C)c1cc(Br)cc(-n2c3ccccc3c3ccccc32)c1)c1ccc(C2=CNCCC2)cc1. The van der Waals surface area contributed by atoms with Gasteiger partial charge >= 0.3 is 0 Å². The Bertz CT molecular complexity index is 2340. The lowest BCUT2D eigenvalue weighted by molar-refractivity contribution is 0.400. The molecule has 0 fully saturated rings. The van der Waals surface area contributed by atoms with Gasteiger partial charge in [-0.05, 0) is 103 Å². The predicted molar refractivity (Wildman–Crippen MR) is 227 cm³/mol. The third-order valence-corrected chi connectivity index (χ3v) is 11.3. The van der Waals surface area contributed by atoms with Crippen molar-refractivity contribution in [2.24, 2.45) is 4.99 Å². The molecule has 3 heterocycles. The minimum Gasteiger partial charge on any atom is -0.391 e. The average molecular weight is 761 g/mol. The van der Waals surface area contributed by atoms with Gasteiger partial charge in [0.15, 0.2) is 0 Å². The number of hydrogen-bond acceptors (Lipinski definition) is 3. The first-order valence-electron chi connectivity index (χ1n) is 18.6. The Morgan fingerprint density at radius 2 is 1.45 bits per heavy atom. The van der Waals surface area contributed by atoms with Gasteiger partial charge in [-0.3, -0.25) is 4.99 Å². The topological polar surface area (TPSA) is 35.8 Å². The largest absolute Gasteiger partial charge is 0.391 e. The maximum absolute atomic E-state index is 5.50. The number of benzene rings is 5. The van der Waals surface area contributed by atoms with Gasteiger partial charge in [0, 0.05) is 59.9 Å². The van der Waals surface area contributed by atoms with Gasteiger partial charge in [-0.15, -0.1) is 0 Å². The third kappa shape index (κ3) is 7.08. The highest BCUT2D eigenvalue weighted by molar-refractivity contribution is 9.10. The summed E-state index contributed by atoms with van der Waals surface area (Å²) in [5.74, 6) is 0.966. The molecule has 2 aliphatic heterocycles. The minimum absolute atomic E-state index is 0.0259. The molecular weight excluding hydrogens is 714 g/mol. The van der Waals surface area contributed by atoms with Crippen LogP contribution in [0.1, 0.15) is 66.6 Å². The van der Waals surface area contributed by atoms with Gasteiger partial charge < -0.3 is 19.7 Å². The molecule has 0 aliphatic carbocycles. The zero-order chi connectivity index (χ0) is 36.5. The zero-order valence-electron chi connectivity index (χ0n) is 30.9. The minimum atomic E-state index is -0.0395. The van der Waals surface area contributed by atoms with Crippen LogP contribution in [0.4, 0.5) is 0 Å².